The average Bonchev–Trinajstić information content (AvgIpc) is 3.06. The van der Waals surface area contributed by atoms with Crippen molar-refractivity contribution in [3.8, 4) is 0 Å². The molecule has 6 heteroatoms. The van der Waals surface area contributed by atoms with Crippen molar-refractivity contribution in [1.29, 1.82) is 0 Å². The van der Waals surface area contributed by atoms with Crippen molar-refractivity contribution < 1.29 is 13.2 Å². The lowest BCUT2D eigenvalue weighted by Gasteiger charge is -2.01. The highest BCUT2D eigenvalue weighted by Gasteiger charge is 2.24. The minimum atomic E-state index is -3.32. The van der Waals surface area contributed by atoms with E-state index in [2.05, 4.69) is 4.98 Å². The Bertz CT molecular complexity index is 702. The van der Waals surface area contributed by atoms with Crippen molar-refractivity contribution in [2.45, 2.75) is 30.2 Å². The van der Waals surface area contributed by atoms with Gasteiger partial charge in [0, 0.05) is 0 Å². The van der Waals surface area contributed by atoms with Crippen LogP contribution in [0.5, 0.6) is 0 Å². The van der Waals surface area contributed by atoms with Crippen LogP contribution >= 0.6 is 11.3 Å². The number of aryl methyl sites for hydroxylation is 1. The molecule has 2 aromatic rings. The van der Waals surface area contributed by atoms with Gasteiger partial charge in [0.05, 0.1) is 28.7 Å². The summed E-state index contributed by atoms with van der Waals surface area (Å²) in [4.78, 5) is 4.23. The number of benzene rings is 1. The van der Waals surface area contributed by atoms with E-state index >= 15 is 0 Å². The van der Waals surface area contributed by atoms with Crippen LogP contribution in [0.25, 0.3) is 10.2 Å². The fraction of sp³-hybridized carbons (Fsp3) is 0.462. The highest BCUT2D eigenvalue weighted by atomic mass is 32.2. The second kappa shape index (κ2) is 4.85. The summed E-state index contributed by atoms with van der Waals surface area (Å²) >= 11 is 1.23. The molecule has 0 unspecified atom stereocenters. The molecule has 1 aromatic heterocycles. The first kappa shape index (κ1) is 13.0. The Balaban J connectivity index is 1.80. The first-order valence-corrected chi connectivity index (χ1v) is 8.73. The number of hydrogen-bond donors (Lipinski definition) is 0. The van der Waals surface area contributed by atoms with Gasteiger partial charge < -0.3 is 4.74 Å². The zero-order chi connectivity index (χ0) is 13.5. The molecule has 3 rings (SSSR count). The maximum atomic E-state index is 12.2. The zero-order valence-electron chi connectivity index (χ0n) is 10.6. The molecule has 1 aromatic carbocycles. The van der Waals surface area contributed by atoms with E-state index in [-0.39, 0.29) is 22.8 Å². The van der Waals surface area contributed by atoms with E-state index in [0.29, 0.717) is 0 Å². The van der Waals surface area contributed by atoms with Crippen molar-refractivity contribution in [3.05, 3.63) is 23.8 Å². The molecule has 0 radical (unpaired) electrons. The topological polar surface area (TPSA) is 56.3 Å². The molecule has 0 N–H and O–H groups in total. The van der Waals surface area contributed by atoms with Crippen LogP contribution in [-0.2, 0) is 14.6 Å². The molecule has 1 aliphatic rings. The van der Waals surface area contributed by atoms with Crippen molar-refractivity contribution in [3.63, 3.8) is 0 Å². The van der Waals surface area contributed by atoms with Gasteiger partial charge in [0.1, 0.15) is 0 Å². The average molecular weight is 297 g/mol. The fourth-order valence-electron chi connectivity index (χ4n) is 1.80. The van der Waals surface area contributed by atoms with Crippen LogP contribution in [0.1, 0.15) is 18.4 Å². The molecule has 0 atom stereocenters. The Kier molecular flexibility index (Phi) is 3.32. The number of fused-ring (bicyclic) bond motifs is 1. The first-order valence-electron chi connectivity index (χ1n) is 6.26. The molecule has 1 saturated carbocycles. The number of thiazole rings is 1. The van der Waals surface area contributed by atoms with Crippen molar-refractivity contribution in [1.82, 2.24) is 4.98 Å². The number of rotatable bonds is 5. The summed E-state index contributed by atoms with van der Waals surface area (Å²) in [5, 5.41) is 0. The predicted octanol–water partition coefficient (Wildman–Crippen LogP) is 2.56. The summed E-state index contributed by atoms with van der Waals surface area (Å²) in [7, 11) is -3.32. The summed E-state index contributed by atoms with van der Waals surface area (Å²) in [5.41, 5.74) is 1.84. The van der Waals surface area contributed by atoms with Crippen LogP contribution in [0.3, 0.4) is 0 Å². The van der Waals surface area contributed by atoms with Crippen LogP contribution < -0.4 is 0 Å². The van der Waals surface area contributed by atoms with Gasteiger partial charge in [-0.05, 0) is 37.5 Å². The van der Waals surface area contributed by atoms with E-state index in [1.807, 2.05) is 25.1 Å². The van der Waals surface area contributed by atoms with Gasteiger partial charge in [-0.2, -0.15) is 0 Å². The molecule has 0 saturated heterocycles. The number of hydrogen-bond acceptors (Lipinski definition) is 5. The summed E-state index contributed by atoms with van der Waals surface area (Å²) in [6.07, 6.45) is 2.40. The number of ether oxygens (including phenoxy) is 1. The smallest absolute Gasteiger partial charge is 0.210 e. The standard InChI is InChI=1S/C13H15NO3S2/c1-9-2-5-12-11(8-9)14-13(18-12)19(15,16)7-6-17-10-3-4-10/h2,5,8,10H,3-4,6-7H2,1H3. The third kappa shape index (κ3) is 2.96. The zero-order valence-corrected chi connectivity index (χ0v) is 12.3. The van der Waals surface area contributed by atoms with Gasteiger partial charge in [-0.1, -0.05) is 6.07 Å². The summed E-state index contributed by atoms with van der Waals surface area (Å²) in [5.74, 6) is 0.0162. The Labute approximate surface area is 116 Å². The Morgan fingerprint density at radius 1 is 1.42 bits per heavy atom. The quantitative estimate of drug-likeness (QED) is 0.851. The van der Waals surface area contributed by atoms with Gasteiger partial charge in [0.2, 0.25) is 14.2 Å². The summed E-state index contributed by atoms with van der Waals surface area (Å²) < 4.78 is 30.8. The molecule has 0 bridgehead atoms. The maximum absolute atomic E-state index is 12.2. The SMILES string of the molecule is Cc1ccc2sc(S(=O)(=O)CCOC3CC3)nc2c1. The third-order valence-corrected chi connectivity index (χ3v) is 6.19. The fourth-order valence-corrected chi connectivity index (χ4v) is 4.23. The second-order valence-corrected chi connectivity index (χ2v) is 8.15. The largest absolute Gasteiger partial charge is 0.377 e. The van der Waals surface area contributed by atoms with E-state index in [1.165, 1.54) is 11.3 Å². The normalized spacial score (nSPS) is 16.1. The van der Waals surface area contributed by atoms with Crippen LogP contribution in [0.15, 0.2) is 22.5 Å². The Hall–Kier alpha value is -0.980. The lowest BCUT2D eigenvalue weighted by atomic mass is 10.2. The molecule has 0 amide bonds. The minimum Gasteiger partial charge on any atom is -0.377 e. The summed E-state index contributed by atoms with van der Waals surface area (Å²) in [6, 6.07) is 5.79. The van der Waals surface area contributed by atoms with Gasteiger partial charge in [-0.15, -0.1) is 11.3 Å². The maximum Gasteiger partial charge on any atom is 0.210 e. The molecule has 4 nitrogen and oxygen atoms in total. The number of nitrogens with zero attached hydrogens (tertiary/aromatic N) is 1. The van der Waals surface area contributed by atoms with E-state index in [1.54, 1.807) is 0 Å². The molecule has 19 heavy (non-hydrogen) atoms. The minimum absolute atomic E-state index is 0.0162. The van der Waals surface area contributed by atoms with Gasteiger partial charge >= 0.3 is 0 Å². The van der Waals surface area contributed by atoms with E-state index < -0.39 is 9.84 Å². The van der Waals surface area contributed by atoms with E-state index in [9.17, 15) is 8.42 Å². The van der Waals surface area contributed by atoms with Crippen LogP contribution in [0.4, 0.5) is 0 Å². The molecule has 102 valence electrons. The molecule has 1 fully saturated rings. The van der Waals surface area contributed by atoms with Gasteiger partial charge in [0.15, 0.2) is 0 Å². The lowest BCUT2D eigenvalue weighted by Crippen LogP contribution is -2.13. The highest BCUT2D eigenvalue weighted by Crippen LogP contribution is 2.27. The van der Waals surface area contributed by atoms with Crippen molar-refractivity contribution in [2.75, 3.05) is 12.4 Å². The molecular weight excluding hydrogens is 282 g/mol. The van der Waals surface area contributed by atoms with Gasteiger partial charge in [-0.3, -0.25) is 0 Å². The molecule has 0 aliphatic heterocycles. The Morgan fingerprint density at radius 3 is 2.95 bits per heavy atom. The van der Waals surface area contributed by atoms with Crippen molar-refractivity contribution in [2.24, 2.45) is 0 Å². The first-order chi connectivity index (χ1) is 9.04. The molecule has 0 spiro atoms. The van der Waals surface area contributed by atoms with Crippen LogP contribution in [-0.4, -0.2) is 31.9 Å². The van der Waals surface area contributed by atoms with Crippen LogP contribution in [0, 0.1) is 6.92 Å². The predicted molar refractivity (Wildman–Crippen MR) is 75.4 cm³/mol. The summed E-state index contributed by atoms with van der Waals surface area (Å²) in [6.45, 7) is 2.23. The van der Waals surface area contributed by atoms with E-state index in [4.69, 9.17) is 4.74 Å². The number of sulfone groups is 1. The monoisotopic (exact) mass is 297 g/mol. The second-order valence-electron chi connectivity index (χ2n) is 4.84. The van der Waals surface area contributed by atoms with Gasteiger partial charge in [-0.25, -0.2) is 13.4 Å². The highest BCUT2D eigenvalue weighted by molar-refractivity contribution is 7.93. The molecule has 1 aliphatic carbocycles. The number of aromatic nitrogens is 1. The lowest BCUT2D eigenvalue weighted by molar-refractivity contribution is 0.134. The van der Waals surface area contributed by atoms with Crippen molar-refractivity contribution >= 4 is 31.4 Å². The molecule has 1 heterocycles. The van der Waals surface area contributed by atoms with E-state index in [0.717, 1.165) is 28.6 Å². The van der Waals surface area contributed by atoms with Crippen LogP contribution in [0.2, 0.25) is 0 Å². The Morgan fingerprint density at radius 2 is 2.21 bits per heavy atom. The third-order valence-electron chi connectivity index (χ3n) is 3.02. The van der Waals surface area contributed by atoms with Gasteiger partial charge in [0.25, 0.3) is 0 Å². The molecular formula is C13H15NO3S2.